The fraction of sp³-hybridized carbons (Fsp3) is 0.896. The molecule has 52 heavy (non-hydrogen) atoms. The molecule has 4 nitrogen and oxygen atoms in total. The second kappa shape index (κ2) is 44.3. The Kier molecular flexibility index (Phi) is 43.3. The van der Waals surface area contributed by atoms with Crippen molar-refractivity contribution in [1.82, 2.24) is 5.32 Å². The van der Waals surface area contributed by atoms with Gasteiger partial charge in [0, 0.05) is 6.42 Å². The van der Waals surface area contributed by atoms with Crippen molar-refractivity contribution in [2.24, 2.45) is 0 Å². The molecule has 0 aliphatic heterocycles. The Morgan fingerprint density at radius 1 is 0.462 bits per heavy atom. The number of unbranched alkanes of at least 4 members (excludes halogenated alkanes) is 32. The summed E-state index contributed by atoms with van der Waals surface area (Å²) in [6.45, 7) is 4.21. The normalized spacial score (nSPS) is 13.1. The van der Waals surface area contributed by atoms with Crippen LogP contribution in [0.2, 0.25) is 0 Å². The maximum Gasteiger partial charge on any atom is 0.220 e. The molecule has 0 heterocycles. The summed E-state index contributed by atoms with van der Waals surface area (Å²) in [5.41, 5.74) is 0. The van der Waals surface area contributed by atoms with Crippen molar-refractivity contribution in [2.45, 2.75) is 270 Å². The third-order valence-corrected chi connectivity index (χ3v) is 11.0. The summed E-state index contributed by atoms with van der Waals surface area (Å²) in [5, 5.41) is 22.6. The number of rotatable bonds is 43. The molecule has 0 rings (SSSR count). The fourth-order valence-corrected chi connectivity index (χ4v) is 7.33. The summed E-state index contributed by atoms with van der Waals surface area (Å²) < 4.78 is 0. The Morgan fingerprint density at radius 3 is 1.15 bits per heavy atom. The van der Waals surface area contributed by atoms with E-state index < -0.39 is 12.1 Å². The van der Waals surface area contributed by atoms with E-state index in [4.69, 9.17) is 0 Å². The van der Waals surface area contributed by atoms with E-state index in [1.807, 2.05) is 0 Å². The van der Waals surface area contributed by atoms with Crippen LogP contribution in [-0.2, 0) is 4.79 Å². The van der Waals surface area contributed by atoms with Gasteiger partial charge in [-0.25, -0.2) is 0 Å². The summed E-state index contributed by atoms with van der Waals surface area (Å²) in [6, 6.07) is -0.528. The molecule has 308 valence electrons. The molecule has 0 aromatic heterocycles. The molecular formula is C48H93NO3. The highest BCUT2D eigenvalue weighted by Gasteiger charge is 2.19. The van der Waals surface area contributed by atoms with Gasteiger partial charge in [0.1, 0.15) is 0 Å². The lowest BCUT2D eigenvalue weighted by atomic mass is 10.0. The number of carbonyl (C=O) groups is 1. The Balaban J connectivity index is 3.26. The zero-order valence-electron chi connectivity index (χ0n) is 35.3. The van der Waals surface area contributed by atoms with Gasteiger partial charge in [-0.3, -0.25) is 4.79 Å². The van der Waals surface area contributed by atoms with Crippen LogP contribution in [0.1, 0.15) is 258 Å². The molecule has 0 radical (unpaired) electrons. The smallest absolute Gasteiger partial charge is 0.220 e. The third-order valence-electron chi connectivity index (χ3n) is 11.0. The van der Waals surface area contributed by atoms with Crippen LogP contribution in [0.25, 0.3) is 0 Å². The highest BCUT2D eigenvalue weighted by molar-refractivity contribution is 5.76. The third kappa shape index (κ3) is 40.1. The lowest BCUT2D eigenvalue weighted by Crippen LogP contribution is -2.45. The summed E-state index contributed by atoms with van der Waals surface area (Å²) in [4.78, 5) is 12.2. The van der Waals surface area contributed by atoms with E-state index in [2.05, 4.69) is 43.5 Å². The topological polar surface area (TPSA) is 69.6 Å². The maximum absolute atomic E-state index is 12.2. The van der Waals surface area contributed by atoms with Crippen molar-refractivity contribution in [2.75, 3.05) is 6.61 Å². The van der Waals surface area contributed by atoms with E-state index in [1.165, 1.54) is 193 Å². The van der Waals surface area contributed by atoms with Gasteiger partial charge in [0.2, 0.25) is 5.91 Å². The molecule has 0 aromatic rings. The number of amides is 1. The Morgan fingerprint density at radius 2 is 0.788 bits per heavy atom. The Bertz CT molecular complexity index is 750. The molecule has 0 saturated carbocycles. The molecule has 0 saturated heterocycles. The van der Waals surface area contributed by atoms with E-state index in [-0.39, 0.29) is 12.5 Å². The number of aliphatic hydroxyl groups excluding tert-OH is 2. The van der Waals surface area contributed by atoms with Gasteiger partial charge in [-0.1, -0.05) is 231 Å². The van der Waals surface area contributed by atoms with Crippen LogP contribution in [0.15, 0.2) is 24.3 Å². The lowest BCUT2D eigenvalue weighted by molar-refractivity contribution is -0.123. The molecule has 2 unspecified atom stereocenters. The highest BCUT2D eigenvalue weighted by atomic mass is 16.3. The van der Waals surface area contributed by atoms with Crippen LogP contribution in [-0.4, -0.2) is 34.9 Å². The first-order valence-corrected chi connectivity index (χ1v) is 23.5. The minimum atomic E-state index is -0.652. The predicted octanol–water partition coefficient (Wildman–Crippen LogP) is 14.8. The van der Waals surface area contributed by atoms with Crippen LogP contribution < -0.4 is 5.32 Å². The summed E-state index contributed by atoms with van der Waals surface area (Å²) in [7, 11) is 0. The molecule has 0 bridgehead atoms. The van der Waals surface area contributed by atoms with Crippen LogP contribution in [0.5, 0.6) is 0 Å². The maximum atomic E-state index is 12.2. The minimum Gasteiger partial charge on any atom is -0.394 e. The molecule has 0 aliphatic carbocycles. The summed E-state index contributed by atoms with van der Waals surface area (Å²) in [6.07, 6.45) is 57.9. The van der Waals surface area contributed by atoms with E-state index in [1.54, 1.807) is 0 Å². The lowest BCUT2D eigenvalue weighted by Gasteiger charge is -2.22. The van der Waals surface area contributed by atoms with Gasteiger partial charge in [0.25, 0.3) is 0 Å². The van der Waals surface area contributed by atoms with Crippen LogP contribution in [0.3, 0.4) is 0 Å². The van der Waals surface area contributed by atoms with E-state index in [9.17, 15) is 15.0 Å². The summed E-state index contributed by atoms with van der Waals surface area (Å²) >= 11 is 0. The Hall–Kier alpha value is -1.13. The Labute approximate surface area is 326 Å². The van der Waals surface area contributed by atoms with Gasteiger partial charge in [0.05, 0.1) is 18.8 Å². The van der Waals surface area contributed by atoms with E-state index >= 15 is 0 Å². The van der Waals surface area contributed by atoms with E-state index in [0.29, 0.717) is 12.8 Å². The molecular weight excluding hydrogens is 639 g/mol. The van der Waals surface area contributed by atoms with Gasteiger partial charge in [-0.2, -0.15) is 0 Å². The van der Waals surface area contributed by atoms with Gasteiger partial charge in [-0.05, 0) is 44.9 Å². The standard InChI is InChI=1S/C48H93NO3/c1-3-5-7-8-9-10-11-12-13-14-15-16-17-18-19-20-21-22-23-24-25-26-27-28-29-30-31-32-33-34-35-36-37-38-39-40-42-44-48(52)49-46(45-50)47(51)43-41-6-4-2/h11-12,14-15,46-47,50-51H,3-10,13,16-45H2,1-2H3,(H,49,52)/b12-11-,15-14-. The van der Waals surface area contributed by atoms with E-state index in [0.717, 1.165) is 38.5 Å². The number of allylic oxidation sites excluding steroid dienone is 4. The highest BCUT2D eigenvalue weighted by Crippen LogP contribution is 2.17. The summed E-state index contributed by atoms with van der Waals surface area (Å²) in [5.74, 6) is -0.0392. The zero-order chi connectivity index (χ0) is 37.8. The minimum absolute atomic E-state index is 0.0392. The second-order valence-corrected chi connectivity index (χ2v) is 16.2. The van der Waals surface area contributed by atoms with Crippen molar-refractivity contribution in [1.29, 1.82) is 0 Å². The zero-order valence-corrected chi connectivity index (χ0v) is 35.3. The molecule has 0 aliphatic rings. The van der Waals surface area contributed by atoms with Gasteiger partial charge in [-0.15, -0.1) is 0 Å². The number of hydrogen-bond acceptors (Lipinski definition) is 3. The second-order valence-electron chi connectivity index (χ2n) is 16.2. The average Bonchev–Trinajstić information content (AvgIpc) is 3.15. The number of hydrogen-bond donors (Lipinski definition) is 3. The number of aliphatic hydroxyl groups is 2. The molecule has 1 amide bonds. The van der Waals surface area contributed by atoms with Crippen molar-refractivity contribution in [3.63, 3.8) is 0 Å². The number of nitrogens with one attached hydrogen (secondary N) is 1. The quantitative estimate of drug-likeness (QED) is 0.0432. The van der Waals surface area contributed by atoms with Gasteiger partial charge in [0.15, 0.2) is 0 Å². The fourth-order valence-electron chi connectivity index (χ4n) is 7.33. The largest absolute Gasteiger partial charge is 0.394 e. The van der Waals surface area contributed by atoms with Crippen molar-refractivity contribution >= 4 is 5.91 Å². The van der Waals surface area contributed by atoms with Gasteiger partial charge >= 0.3 is 0 Å². The first-order chi connectivity index (χ1) is 25.7. The van der Waals surface area contributed by atoms with Crippen molar-refractivity contribution in [3.8, 4) is 0 Å². The molecule has 0 spiro atoms. The predicted molar refractivity (Wildman–Crippen MR) is 230 cm³/mol. The molecule has 4 heteroatoms. The average molecular weight is 732 g/mol. The first-order valence-electron chi connectivity index (χ1n) is 23.5. The van der Waals surface area contributed by atoms with Gasteiger partial charge < -0.3 is 15.5 Å². The van der Waals surface area contributed by atoms with Crippen molar-refractivity contribution < 1.29 is 15.0 Å². The van der Waals surface area contributed by atoms with Crippen molar-refractivity contribution in [3.05, 3.63) is 24.3 Å². The number of carbonyl (C=O) groups excluding carboxylic acids is 1. The monoisotopic (exact) mass is 732 g/mol. The molecule has 0 fully saturated rings. The first kappa shape index (κ1) is 50.9. The molecule has 0 aromatic carbocycles. The van der Waals surface area contributed by atoms with Crippen LogP contribution >= 0.6 is 0 Å². The van der Waals surface area contributed by atoms with Crippen LogP contribution in [0.4, 0.5) is 0 Å². The molecule has 2 atom stereocenters. The SMILES string of the molecule is CCCCCCC/C=C\C/C=C\CCCCCCCCCCCCCCCCCCCCCCCCCCCC(=O)NC(CO)C(O)CCCCC. The molecule has 3 N–H and O–H groups in total. The van der Waals surface area contributed by atoms with Crippen LogP contribution in [0, 0.1) is 0 Å².